The first kappa shape index (κ1) is 13.8. The third-order valence-corrected chi connectivity index (χ3v) is 3.88. The van der Waals surface area contributed by atoms with Gasteiger partial charge in [-0.3, -0.25) is 0 Å². The smallest absolute Gasteiger partial charge is 0.126 e. The molecule has 0 bridgehead atoms. The van der Waals surface area contributed by atoms with Crippen molar-refractivity contribution < 1.29 is 14.6 Å². The molecule has 2 atom stereocenters. The van der Waals surface area contributed by atoms with Crippen molar-refractivity contribution in [2.75, 3.05) is 7.11 Å². The average Bonchev–Trinajstić information content (AvgIpc) is 2.27. The van der Waals surface area contributed by atoms with Gasteiger partial charge in [-0.15, -0.1) is 0 Å². The second kappa shape index (κ2) is 5.19. The van der Waals surface area contributed by atoms with E-state index in [1.165, 1.54) is 0 Å². The zero-order chi connectivity index (χ0) is 13.3. The molecule has 1 aliphatic rings. The molecule has 1 aliphatic heterocycles. The van der Waals surface area contributed by atoms with Crippen LogP contribution in [0.2, 0.25) is 0 Å². The first-order chi connectivity index (χ1) is 8.41. The Morgan fingerprint density at radius 2 is 2.22 bits per heavy atom. The summed E-state index contributed by atoms with van der Waals surface area (Å²) in [6.07, 6.45) is 0.893. The highest BCUT2D eigenvalue weighted by molar-refractivity contribution is 9.10. The molecule has 0 saturated heterocycles. The zero-order valence-electron chi connectivity index (χ0n) is 10.9. The Balaban J connectivity index is 2.17. The number of methoxy groups -OCH3 is 1. The predicted octanol–water partition coefficient (Wildman–Crippen LogP) is 3.45. The van der Waals surface area contributed by atoms with Crippen LogP contribution in [0, 0.1) is 0 Å². The fraction of sp³-hybridized carbons (Fsp3) is 0.571. The van der Waals surface area contributed by atoms with Gasteiger partial charge in [-0.2, -0.15) is 0 Å². The molecule has 0 spiro atoms. The Bertz CT molecular complexity index is 431. The lowest BCUT2D eigenvalue weighted by Gasteiger charge is -2.34. The zero-order valence-corrected chi connectivity index (χ0v) is 12.5. The Hall–Kier alpha value is -0.580. The standard InChI is InChI=1S/C14H19BrO3/c1-14(2,17-3)8-10-7-12(16)11-5-4-9(15)6-13(11)18-10/h4-6,10,12,16H,7-8H2,1-3H3/t10?,12-/m0/s1. The summed E-state index contributed by atoms with van der Waals surface area (Å²) in [5, 5.41) is 10.2. The normalized spacial score (nSPS) is 23.4. The number of fused-ring (bicyclic) bond motifs is 1. The largest absolute Gasteiger partial charge is 0.490 e. The van der Waals surface area contributed by atoms with Gasteiger partial charge in [0.15, 0.2) is 0 Å². The lowest BCUT2D eigenvalue weighted by molar-refractivity contribution is -0.0311. The SMILES string of the molecule is COC(C)(C)CC1C[C@H](O)c2ccc(Br)cc2O1. The van der Waals surface area contributed by atoms with Crippen LogP contribution in [-0.2, 0) is 4.74 Å². The molecule has 1 aromatic rings. The second-order valence-corrected chi connectivity index (χ2v) is 6.26. The van der Waals surface area contributed by atoms with Crippen LogP contribution in [0.4, 0.5) is 0 Å². The van der Waals surface area contributed by atoms with Crippen molar-refractivity contribution in [2.24, 2.45) is 0 Å². The van der Waals surface area contributed by atoms with Crippen molar-refractivity contribution in [3.63, 3.8) is 0 Å². The van der Waals surface area contributed by atoms with Crippen LogP contribution in [0.15, 0.2) is 22.7 Å². The Labute approximate surface area is 116 Å². The summed E-state index contributed by atoms with van der Waals surface area (Å²) in [6.45, 7) is 4.05. The molecule has 3 nitrogen and oxygen atoms in total. The Morgan fingerprint density at radius 1 is 1.50 bits per heavy atom. The summed E-state index contributed by atoms with van der Waals surface area (Å²) in [5.74, 6) is 0.764. The van der Waals surface area contributed by atoms with E-state index >= 15 is 0 Å². The van der Waals surface area contributed by atoms with E-state index in [0.717, 1.165) is 22.2 Å². The van der Waals surface area contributed by atoms with Gasteiger partial charge >= 0.3 is 0 Å². The van der Waals surface area contributed by atoms with Crippen molar-refractivity contribution in [3.05, 3.63) is 28.2 Å². The summed E-state index contributed by atoms with van der Waals surface area (Å²) >= 11 is 3.42. The maximum atomic E-state index is 10.2. The first-order valence-corrected chi connectivity index (χ1v) is 6.90. The molecule has 0 aliphatic carbocycles. The minimum atomic E-state index is -0.459. The van der Waals surface area contributed by atoms with Crippen molar-refractivity contribution in [2.45, 2.75) is 44.5 Å². The van der Waals surface area contributed by atoms with Gasteiger partial charge in [-0.25, -0.2) is 0 Å². The van der Waals surface area contributed by atoms with Crippen LogP contribution < -0.4 is 4.74 Å². The van der Waals surface area contributed by atoms with Crippen LogP contribution in [0.3, 0.4) is 0 Å². The third kappa shape index (κ3) is 3.05. The van der Waals surface area contributed by atoms with Gasteiger partial charge < -0.3 is 14.6 Å². The van der Waals surface area contributed by atoms with Crippen molar-refractivity contribution in [1.82, 2.24) is 0 Å². The minimum Gasteiger partial charge on any atom is -0.490 e. The first-order valence-electron chi connectivity index (χ1n) is 6.10. The van der Waals surface area contributed by atoms with Crippen molar-refractivity contribution in [1.29, 1.82) is 0 Å². The summed E-state index contributed by atoms with van der Waals surface area (Å²) in [7, 11) is 1.70. The quantitative estimate of drug-likeness (QED) is 0.928. The molecule has 0 saturated carbocycles. The number of ether oxygens (including phenoxy) is 2. The van der Waals surface area contributed by atoms with E-state index in [4.69, 9.17) is 9.47 Å². The second-order valence-electron chi connectivity index (χ2n) is 5.34. The number of hydrogen-bond acceptors (Lipinski definition) is 3. The number of aliphatic hydroxyl groups is 1. The van der Waals surface area contributed by atoms with Gasteiger partial charge in [0.1, 0.15) is 11.9 Å². The molecule has 2 rings (SSSR count). The van der Waals surface area contributed by atoms with E-state index in [1.807, 2.05) is 32.0 Å². The summed E-state index contributed by atoms with van der Waals surface area (Å²) in [6, 6.07) is 5.73. The number of halogens is 1. The number of aliphatic hydroxyl groups excluding tert-OH is 1. The van der Waals surface area contributed by atoms with E-state index in [9.17, 15) is 5.11 Å². The molecule has 1 aromatic carbocycles. The molecule has 1 unspecified atom stereocenters. The van der Waals surface area contributed by atoms with E-state index < -0.39 is 6.10 Å². The summed E-state index contributed by atoms with van der Waals surface area (Å²) in [4.78, 5) is 0. The fourth-order valence-corrected chi connectivity index (χ4v) is 2.59. The van der Waals surface area contributed by atoms with E-state index in [0.29, 0.717) is 6.42 Å². The lowest BCUT2D eigenvalue weighted by atomic mass is 9.92. The van der Waals surface area contributed by atoms with Crippen LogP contribution in [0.5, 0.6) is 5.75 Å². The van der Waals surface area contributed by atoms with E-state index in [2.05, 4.69) is 15.9 Å². The number of hydrogen-bond donors (Lipinski definition) is 1. The highest BCUT2D eigenvalue weighted by Gasteiger charge is 2.31. The van der Waals surface area contributed by atoms with Crippen molar-refractivity contribution in [3.8, 4) is 5.75 Å². The molecule has 0 radical (unpaired) electrons. The lowest BCUT2D eigenvalue weighted by Crippen LogP contribution is -2.35. The van der Waals surface area contributed by atoms with Crippen LogP contribution in [0.1, 0.15) is 38.4 Å². The average molecular weight is 315 g/mol. The van der Waals surface area contributed by atoms with Gasteiger partial charge in [0.2, 0.25) is 0 Å². The third-order valence-electron chi connectivity index (χ3n) is 3.39. The minimum absolute atomic E-state index is 0.0169. The monoisotopic (exact) mass is 314 g/mol. The molecule has 100 valence electrons. The van der Waals surface area contributed by atoms with Crippen molar-refractivity contribution >= 4 is 15.9 Å². The van der Waals surface area contributed by atoms with Gasteiger partial charge in [0.05, 0.1) is 11.7 Å². The van der Waals surface area contributed by atoms with Crippen LogP contribution >= 0.6 is 15.9 Å². The topological polar surface area (TPSA) is 38.7 Å². The maximum Gasteiger partial charge on any atom is 0.126 e. The van der Waals surface area contributed by atoms with E-state index in [1.54, 1.807) is 7.11 Å². The Kier molecular flexibility index (Phi) is 3.99. The molecular weight excluding hydrogens is 296 g/mol. The van der Waals surface area contributed by atoms with Gasteiger partial charge in [-0.05, 0) is 26.0 Å². The molecular formula is C14H19BrO3. The van der Waals surface area contributed by atoms with E-state index in [-0.39, 0.29) is 11.7 Å². The molecule has 0 aromatic heterocycles. The highest BCUT2D eigenvalue weighted by atomic mass is 79.9. The van der Waals surface area contributed by atoms with Crippen LogP contribution in [-0.4, -0.2) is 23.9 Å². The molecule has 1 N–H and O–H groups in total. The predicted molar refractivity (Wildman–Crippen MR) is 73.8 cm³/mol. The molecule has 0 fully saturated rings. The molecule has 18 heavy (non-hydrogen) atoms. The highest BCUT2D eigenvalue weighted by Crippen LogP contribution is 2.38. The molecule has 1 heterocycles. The Morgan fingerprint density at radius 3 is 2.89 bits per heavy atom. The molecule has 4 heteroatoms. The summed E-state index contributed by atoms with van der Waals surface area (Å²) in [5.41, 5.74) is 0.623. The van der Waals surface area contributed by atoms with Gasteiger partial charge in [0, 0.05) is 30.0 Å². The fourth-order valence-electron chi connectivity index (χ4n) is 2.25. The maximum absolute atomic E-state index is 10.2. The van der Waals surface area contributed by atoms with Gasteiger partial charge in [-0.1, -0.05) is 22.0 Å². The van der Waals surface area contributed by atoms with Crippen LogP contribution in [0.25, 0.3) is 0 Å². The number of benzene rings is 1. The number of rotatable bonds is 3. The summed E-state index contributed by atoms with van der Waals surface area (Å²) < 4.78 is 12.3. The molecule has 0 amide bonds. The van der Waals surface area contributed by atoms with Gasteiger partial charge in [0.25, 0.3) is 0 Å².